The van der Waals surface area contributed by atoms with Gasteiger partial charge in [-0.25, -0.2) is 35.1 Å². The van der Waals surface area contributed by atoms with Crippen LogP contribution >= 0.6 is 0 Å². The van der Waals surface area contributed by atoms with Gasteiger partial charge in [0.25, 0.3) is 0 Å². The van der Waals surface area contributed by atoms with Crippen LogP contribution in [0.1, 0.15) is 0 Å². The van der Waals surface area contributed by atoms with Gasteiger partial charge in [-0.3, -0.25) is 0 Å². The van der Waals surface area contributed by atoms with Crippen LogP contribution in [-0.4, -0.2) is 37.9 Å². The average Bonchev–Trinajstić information content (AvgIpc) is 2.54. The van der Waals surface area contributed by atoms with Crippen LogP contribution in [0.5, 0.6) is 0 Å². The summed E-state index contributed by atoms with van der Waals surface area (Å²) in [6, 6.07) is 0. The first kappa shape index (κ1) is 20.7. The first-order valence-electron chi connectivity index (χ1n) is 7.01. The van der Waals surface area contributed by atoms with Crippen LogP contribution in [0.25, 0.3) is 0 Å². The number of hydrogen-bond acceptors (Lipinski definition) is 1. The van der Waals surface area contributed by atoms with Crippen molar-refractivity contribution in [2.24, 2.45) is 0 Å². The molecule has 9 heteroatoms. The molecular weight excluding hydrogens is 360 g/mol. The molecular formula is C16H12F8O. The monoisotopic (exact) mass is 372 g/mol. The van der Waals surface area contributed by atoms with Gasteiger partial charge in [-0.15, -0.1) is 0 Å². The number of hydrogen-bond donors (Lipinski definition) is 0. The van der Waals surface area contributed by atoms with Crippen molar-refractivity contribution in [1.82, 2.24) is 0 Å². The van der Waals surface area contributed by atoms with E-state index in [4.69, 9.17) is 4.74 Å². The van der Waals surface area contributed by atoms with E-state index in [0.717, 1.165) is 25.7 Å². The molecule has 0 spiro atoms. The maximum Gasteiger partial charge on any atom is 0.247 e. The Morgan fingerprint density at radius 3 is 1.20 bits per heavy atom. The lowest BCUT2D eigenvalue weighted by Crippen LogP contribution is -2.44. The molecule has 0 aliphatic heterocycles. The van der Waals surface area contributed by atoms with Crippen molar-refractivity contribution in [1.29, 1.82) is 0 Å². The summed E-state index contributed by atoms with van der Waals surface area (Å²) >= 11 is 0. The van der Waals surface area contributed by atoms with Crippen molar-refractivity contribution in [2.45, 2.75) is 37.9 Å². The Morgan fingerprint density at radius 1 is 0.560 bits per heavy atom. The van der Waals surface area contributed by atoms with Crippen molar-refractivity contribution in [3.05, 3.63) is 62.2 Å². The second-order valence-electron chi connectivity index (χ2n) is 5.18. The predicted molar refractivity (Wildman–Crippen MR) is 71.4 cm³/mol. The Labute approximate surface area is 141 Å². The summed E-state index contributed by atoms with van der Waals surface area (Å²) in [5.74, 6) is -2.70. The van der Waals surface area contributed by atoms with Gasteiger partial charge < -0.3 is 4.74 Å². The molecule has 2 fully saturated rings. The fourth-order valence-electron chi connectivity index (χ4n) is 2.31. The summed E-state index contributed by atoms with van der Waals surface area (Å²) in [6.07, 6.45) is -11.3. The van der Waals surface area contributed by atoms with Crippen molar-refractivity contribution < 1.29 is 39.9 Å². The van der Waals surface area contributed by atoms with Crippen molar-refractivity contribution in [3.63, 3.8) is 0 Å². The highest BCUT2D eigenvalue weighted by molar-refractivity contribution is 5.42. The van der Waals surface area contributed by atoms with Gasteiger partial charge in [-0.1, -0.05) is 0 Å². The molecule has 2 aliphatic carbocycles. The van der Waals surface area contributed by atoms with Gasteiger partial charge in [0.1, 0.15) is 0 Å². The standard InChI is InChI=1S/C16H12F8O/c17-13(18)7-1-3-9(15(21)22)11(5-7)25-12-6-8(14(19)20)2-4-10(12)16(23)24/h1-6,11-16H/t11-,12+. The smallest absolute Gasteiger partial charge is 0.247 e. The molecule has 0 N–H and O–H groups in total. The van der Waals surface area contributed by atoms with E-state index in [1.54, 1.807) is 0 Å². The molecule has 2 saturated carbocycles. The summed E-state index contributed by atoms with van der Waals surface area (Å²) < 4.78 is 108. The Balaban J connectivity index is 2.11. The van der Waals surface area contributed by atoms with Gasteiger partial charge in [0, 0.05) is 12.8 Å². The zero-order valence-electron chi connectivity index (χ0n) is 12.4. The highest BCUT2D eigenvalue weighted by Crippen LogP contribution is 2.43. The highest BCUT2D eigenvalue weighted by atomic mass is 19.3. The molecule has 0 unspecified atom stereocenters. The van der Waals surface area contributed by atoms with Crippen LogP contribution in [0.3, 0.4) is 0 Å². The zero-order valence-corrected chi connectivity index (χ0v) is 12.4. The summed E-state index contributed by atoms with van der Waals surface area (Å²) in [7, 11) is 0. The first-order valence-corrected chi connectivity index (χ1v) is 7.01. The maximum atomic E-state index is 13.0. The number of halogens is 8. The minimum absolute atomic E-state index is 0.627. The van der Waals surface area contributed by atoms with Gasteiger partial charge in [0.05, 0.1) is 35.9 Å². The number of alkyl halides is 8. The van der Waals surface area contributed by atoms with Gasteiger partial charge >= 0.3 is 0 Å². The van der Waals surface area contributed by atoms with Crippen molar-refractivity contribution in [2.75, 3.05) is 0 Å². The fourth-order valence-corrected chi connectivity index (χ4v) is 2.31. The Morgan fingerprint density at radius 2 is 0.920 bits per heavy atom. The molecule has 0 aromatic rings. The van der Waals surface area contributed by atoms with Gasteiger partial charge in [0.2, 0.25) is 25.7 Å². The van der Waals surface area contributed by atoms with Crippen LogP contribution in [0.2, 0.25) is 0 Å². The van der Waals surface area contributed by atoms with E-state index < -0.39 is 61.6 Å². The van der Waals surface area contributed by atoms with Crippen LogP contribution in [0, 0.1) is 62.2 Å². The van der Waals surface area contributed by atoms with E-state index in [-0.39, 0.29) is 0 Å². The van der Waals surface area contributed by atoms with E-state index in [1.807, 2.05) is 0 Å². The van der Waals surface area contributed by atoms with E-state index in [0.29, 0.717) is 12.8 Å². The van der Waals surface area contributed by atoms with E-state index >= 15 is 0 Å². The molecule has 2 atom stereocenters. The predicted octanol–water partition coefficient (Wildman–Crippen LogP) is 4.35. The summed E-state index contributed by atoms with van der Waals surface area (Å²) in [6.45, 7) is 0. The quantitative estimate of drug-likeness (QED) is 0.630. The lowest BCUT2D eigenvalue weighted by atomic mass is 9.77. The molecule has 10 radical (unpaired) electrons. The fraction of sp³-hybridized carbons (Fsp3) is 0.375. The van der Waals surface area contributed by atoms with Crippen molar-refractivity contribution in [3.8, 4) is 0 Å². The van der Waals surface area contributed by atoms with Crippen LogP contribution in [-0.2, 0) is 4.74 Å². The molecule has 1 nitrogen and oxygen atoms in total. The number of ether oxygens (including phenoxy) is 1. The highest BCUT2D eigenvalue weighted by Gasteiger charge is 2.47. The van der Waals surface area contributed by atoms with E-state index in [1.165, 1.54) is 0 Å². The van der Waals surface area contributed by atoms with E-state index in [2.05, 4.69) is 0 Å². The minimum atomic E-state index is -3.09. The number of rotatable bonds is 6. The largest absolute Gasteiger partial charge is 0.373 e. The van der Waals surface area contributed by atoms with Gasteiger partial charge in [-0.2, -0.15) is 0 Å². The SMILES string of the molecule is FC(F)[C]1[CH][CH][C](C(F)F)[C@@H](O[C@@H]2[CH][C](C(F)F)[CH][CH][C]2C(F)F)[CH]1. The first-order chi connectivity index (χ1) is 11.7. The third kappa shape index (κ3) is 5.20. The second kappa shape index (κ2) is 8.86. The van der Waals surface area contributed by atoms with Crippen molar-refractivity contribution >= 4 is 0 Å². The van der Waals surface area contributed by atoms with Gasteiger partial charge in [0.15, 0.2) is 0 Å². The van der Waals surface area contributed by atoms with Crippen LogP contribution in [0.15, 0.2) is 0 Å². The molecule has 2 aliphatic rings. The lowest BCUT2D eigenvalue weighted by Gasteiger charge is -2.40. The van der Waals surface area contributed by atoms with E-state index in [9.17, 15) is 35.1 Å². The molecule has 2 rings (SSSR count). The normalized spacial score (nSPS) is 28.8. The molecule has 25 heavy (non-hydrogen) atoms. The maximum absolute atomic E-state index is 13.0. The Bertz CT molecular complexity index is 370. The van der Waals surface area contributed by atoms with Gasteiger partial charge in [-0.05, 0) is 25.7 Å². The molecule has 0 heterocycles. The Kier molecular flexibility index (Phi) is 7.34. The third-order valence-corrected chi connectivity index (χ3v) is 3.58. The van der Waals surface area contributed by atoms with Crippen LogP contribution in [0.4, 0.5) is 35.1 Å². The molecule has 0 bridgehead atoms. The summed E-state index contributed by atoms with van der Waals surface area (Å²) in [5, 5.41) is 0. The zero-order chi connectivity index (χ0) is 18.7. The molecule has 0 aromatic heterocycles. The average molecular weight is 372 g/mol. The topological polar surface area (TPSA) is 9.23 Å². The minimum Gasteiger partial charge on any atom is -0.373 e. The third-order valence-electron chi connectivity index (χ3n) is 3.58. The summed E-state index contributed by atoms with van der Waals surface area (Å²) in [4.78, 5) is 0. The molecule has 138 valence electrons. The second-order valence-corrected chi connectivity index (χ2v) is 5.18. The summed E-state index contributed by atoms with van der Waals surface area (Å²) in [5.41, 5.74) is 0. The molecule has 0 aromatic carbocycles. The Hall–Kier alpha value is -0.600. The molecule has 0 amide bonds. The lowest BCUT2D eigenvalue weighted by molar-refractivity contribution is -0.0123. The van der Waals surface area contributed by atoms with Crippen LogP contribution < -0.4 is 0 Å². The molecule has 0 saturated heterocycles.